The van der Waals surface area contributed by atoms with Crippen LogP contribution in [-0.2, 0) is 0 Å². The van der Waals surface area contributed by atoms with Crippen LogP contribution in [0.3, 0.4) is 0 Å². The molecule has 1 saturated heterocycles. The summed E-state index contributed by atoms with van der Waals surface area (Å²) < 4.78 is 5.73. The molecule has 154 valence electrons. The topological polar surface area (TPSA) is 53.6 Å². The van der Waals surface area contributed by atoms with Gasteiger partial charge in [-0.25, -0.2) is 0 Å². The van der Waals surface area contributed by atoms with Crippen molar-refractivity contribution >= 4 is 46.2 Å². The van der Waals surface area contributed by atoms with Gasteiger partial charge in [0.05, 0.1) is 16.8 Å². The molecule has 2 aromatic carbocycles. The molecule has 1 aliphatic rings. The summed E-state index contributed by atoms with van der Waals surface area (Å²) in [6.45, 7) is 6.13. The first-order valence-corrected chi connectivity index (χ1v) is 10.7. The van der Waals surface area contributed by atoms with Crippen molar-refractivity contribution in [1.82, 2.24) is 5.32 Å². The third-order valence-corrected chi connectivity index (χ3v) is 5.41. The second-order valence-electron chi connectivity index (χ2n) is 7.13. The molecule has 1 heterocycles. The number of nitrogens with zero attached hydrogens (tertiary/aromatic N) is 1. The van der Waals surface area contributed by atoms with Gasteiger partial charge in [-0.05, 0) is 80.9 Å². The third-order valence-electron chi connectivity index (χ3n) is 4.91. The summed E-state index contributed by atoms with van der Waals surface area (Å²) >= 11 is 11.7. The maximum atomic E-state index is 12.4. The number of hydrogen-bond acceptors (Lipinski definition) is 4. The maximum absolute atomic E-state index is 12.4. The average molecular weight is 432 g/mol. The molecule has 2 aromatic rings. The molecule has 0 bridgehead atoms. The normalized spacial score (nSPS) is 14.4. The monoisotopic (exact) mass is 431 g/mol. The number of benzene rings is 2. The van der Waals surface area contributed by atoms with Crippen molar-refractivity contribution < 1.29 is 9.53 Å². The molecule has 0 saturated carbocycles. The lowest BCUT2D eigenvalue weighted by Gasteiger charge is -2.20. The molecule has 1 fully saturated rings. The number of halogens is 1. The molecular weight excluding hydrogens is 406 g/mol. The minimum Gasteiger partial charge on any atom is -0.491 e. The minimum atomic E-state index is -0.280. The van der Waals surface area contributed by atoms with Gasteiger partial charge in [0, 0.05) is 24.3 Å². The van der Waals surface area contributed by atoms with E-state index in [4.69, 9.17) is 28.6 Å². The Morgan fingerprint density at radius 2 is 1.90 bits per heavy atom. The van der Waals surface area contributed by atoms with E-state index in [0.29, 0.717) is 10.6 Å². The lowest BCUT2D eigenvalue weighted by Crippen LogP contribution is -2.34. The van der Waals surface area contributed by atoms with Gasteiger partial charge in [0.2, 0.25) is 0 Å². The summed E-state index contributed by atoms with van der Waals surface area (Å²) in [5, 5.41) is 6.60. The fourth-order valence-electron chi connectivity index (χ4n) is 3.14. The molecule has 0 aromatic heterocycles. The predicted molar refractivity (Wildman–Crippen MR) is 123 cm³/mol. The fraction of sp³-hybridized carbons (Fsp3) is 0.364. The Morgan fingerprint density at radius 3 is 2.52 bits per heavy atom. The number of hydrogen-bond donors (Lipinski definition) is 2. The SMILES string of the molecule is CC[C@@H](C)Oc1ccc(C(=O)NC(=S)Nc2ccc(N3CCCC3)c(Cl)c2)cc1. The number of nitrogens with one attached hydrogen (secondary N) is 2. The second kappa shape index (κ2) is 9.94. The van der Waals surface area contributed by atoms with Crippen molar-refractivity contribution in [3.05, 3.63) is 53.1 Å². The number of carbonyl (C=O) groups excluding carboxylic acids is 1. The van der Waals surface area contributed by atoms with Gasteiger partial charge in [-0.15, -0.1) is 0 Å². The molecule has 0 spiro atoms. The van der Waals surface area contributed by atoms with Crippen LogP contribution in [-0.4, -0.2) is 30.2 Å². The molecule has 5 nitrogen and oxygen atoms in total. The van der Waals surface area contributed by atoms with E-state index in [-0.39, 0.29) is 17.1 Å². The fourth-order valence-corrected chi connectivity index (χ4v) is 3.65. The summed E-state index contributed by atoms with van der Waals surface area (Å²) in [4.78, 5) is 14.7. The van der Waals surface area contributed by atoms with Gasteiger partial charge in [-0.3, -0.25) is 10.1 Å². The molecule has 0 unspecified atom stereocenters. The molecule has 1 aliphatic heterocycles. The smallest absolute Gasteiger partial charge is 0.257 e. The van der Waals surface area contributed by atoms with Gasteiger partial charge >= 0.3 is 0 Å². The van der Waals surface area contributed by atoms with Crippen LogP contribution < -0.4 is 20.3 Å². The van der Waals surface area contributed by atoms with Gasteiger partial charge in [-0.1, -0.05) is 18.5 Å². The standard InChI is InChI=1S/C22H26ClN3O2S/c1-3-15(2)28-18-9-6-16(7-10-18)21(27)25-22(29)24-17-8-11-20(19(23)14-17)26-12-4-5-13-26/h6-11,14-15H,3-5,12-13H2,1-2H3,(H2,24,25,27,29)/t15-/m1/s1. The summed E-state index contributed by atoms with van der Waals surface area (Å²) in [5.41, 5.74) is 2.28. The van der Waals surface area contributed by atoms with E-state index in [0.717, 1.165) is 36.6 Å². The van der Waals surface area contributed by atoms with Crippen molar-refractivity contribution in [3.8, 4) is 5.75 Å². The highest BCUT2D eigenvalue weighted by atomic mass is 35.5. The second-order valence-corrected chi connectivity index (χ2v) is 7.95. The number of rotatable bonds is 6. The first-order chi connectivity index (χ1) is 14.0. The van der Waals surface area contributed by atoms with Crippen LogP contribution >= 0.6 is 23.8 Å². The summed E-state index contributed by atoms with van der Waals surface area (Å²) in [6, 6.07) is 12.7. The summed E-state index contributed by atoms with van der Waals surface area (Å²) in [7, 11) is 0. The Labute approximate surface area is 182 Å². The largest absolute Gasteiger partial charge is 0.491 e. The molecule has 2 N–H and O–H groups in total. The number of carbonyl (C=O) groups is 1. The maximum Gasteiger partial charge on any atom is 0.257 e. The highest BCUT2D eigenvalue weighted by Gasteiger charge is 2.16. The lowest BCUT2D eigenvalue weighted by atomic mass is 10.2. The molecule has 1 amide bonds. The van der Waals surface area contributed by atoms with E-state index in [1.165, 1.54) is 12.8 Å². The minimum absolute atomic E-state index is 0.134. The Hall–Kier alpha value is -2.31. The van der Waals surface area contributed by atoms with E-state index >= 15 is 0 Å². The van der Waals surface area contributed by atoms with Gasteiger partial charge in [0.15, 0.2) is 5.11 Å². The van der Waals surface area contributed by atoms with E-state index in [9.17, 15) is 4.79 Å². The van der Waals surface area contributed by atoms with Crippen molar-refractivity contribution in [2.45, 2.75) is 39.2 Å². The van der Waals surface area contributed by atoms with Crippen LogP contribution in [0.15, 0.2) is 42.5 Å². The van der Waals surface area contributed by atoms with Crippen LogP contribution in [0, 0.1) is 0 Å². The zero-order valence-corrected chi connectivity index (χ0v) is 18.3. The van der Waals surface area contributed by atoms with Crippen LogP contribution in [0.2, 0.25) is 5.02 Å². The molecule has 3 rings (SSSR count). The molecule has 7 heteroatoms. The van der Waals surface area contributed by atoms with Crippen molar-refractivity contribution in [1.29, 1.82) is 0 Å². The predicted octanol–water partition coefficient (Wildman–Crippen LogP) is 5.24. The third kappa shape index (κ3) is 5.84. The quantitative estimate of drug-likeness (QED) is 0.612. The zero-order chi connectivity index (χ0) is 20.8. The van der Waals surface area contributed by atoms with Gasteiger partial charge in [0.1, 0.15) is 5.75 Å². The molecule has 0 aliphatic carbocycles. The van der Waals surface area contributed by atoms with Gasteiger partial charge in [-0.2, -0.15) is 0 Å². The van der Waals surface area contributed by atoms with Gasteiger partial charge < -0.3 is 15.0 Å². The summed E-state index contributed by atoms with van der Waals surface area (Å²) in [6.07, 6.45) is 3.44. The van der Waals surface area contributed by atoms with Gasteiger partial charge in [0.25, 0.3) is 5.91 Å². The number of ether oxygens (including phenoxy) is 1. The number of thiocarbonyl (C=S) groups is 1. The average Bonchev–Trinajstić information content (AvgIpc) is 3.22. The van der Waals surface area contributed by atoms with E-state index < -0.39 is 0 Å². The highest BCUT2D eigenvalue weighted by Crippen LogP contribution is 2.31. The van der Waals surface area contributed by atoms with Crippen LogP contribution in [0.5, 0.6) is 5.75 Å². The van der Waals surface area contributed by atoms with E-state index in [1.807, 2.05) is 25.1 Å². The summed E-state index contributed by atoms with van der Waals surface area (Å²) in [5.74, 6) is 0.460. The molecule has 29 heavy (non-hydrogen) atoms. The number of anilines is 2. The molecular formula is C22H26ClN3O2S. The first kappa shape index (κ1) is 21.4. The Balaban J connectivity index is 1.56. The van der Waals surface area contributed by atoms with Crippen molar-refractivity contribution in [2.24, 2.45) is 0 Å². The van der Waals surface area contributed by atoms with Crippen molar-refractivity contribution in [3.63, 3.8) is 0 Å². The van der Waals surface area contributed by atoms with E-state index in [2.05, 4.69) is 22.5 Å². The molecule has 1 atom stereocenters. The van der Waals surface area contributed by atoms with Crippen LogP contribution in [0.1, 0.15) is 43.5 Å². The Kier molecular flexibility index (Phi) is 7.34. The molecule has 0 radical (unpaired) electrons. The number of amides is 1. The Morgan fingerprint density at radius 1 is 1.21 bits per heavy atom. The Bertz CT molecular complexity index is 867. The lowest BCUT2D eigenvalue weighted by molar-refractivity contribution is 0.0977. The first-order valence-electron chi connectivity index (χ1n) is 9.90. The zero-order valence-electron chi connectivity index (χ0n) is 16.7. The van der Waals surface area contributed by atoms with Crippen LogP contribution in [0.4, 0.5) is 11.4 Å². The van der Waals surface area contributed by atoms with Crippen molar-refractivity contribution in [2.75, 3.05) is 23.3 Å². The van der Waals surface area contributed by atoms with Crippen LogP contribution in [0.25, 0.3) is 0 Å². The van der Waals surface area contributed by atoms with E-state index in [1.54, 1.807) is 24.3 Å². The highest BCUT2D eigenvalue weighted by molar-refractivity contribution is 7.80.